The molecule has 1 aliphatic rings. The number of aliphatic hydroxyl groups excluding tert-OH is 1. The topological polar surface area (TPSA) is 69.2 Å². The van der Waals surface area contributed by atoms with Crippen molar-refractivity contribution in [1.29, 1.82) is 0 Å². The van der Waals surface area contributed by atoms with E-state index in [1.54, 1.807) is 17.0 Å². The summed E-state index contributed by atoms with van der Waals surface area (Å²) in [4.78, 5) is 14.5. The van der Waals surface area contributed by atoms with Crippen molar-refractivity contribution in [3.8, 4) is 0 Å². The second-order valence-corrected chi connectivity index (χ2v) is 6.43. The highest BCUT2D eigenvalue weighted by atomic mass is 19.1. The number of rotatable bonds is 6. The van der Waals surface area contributed by atoms with Crippen LogP contribution in [-0.4, -0.2) is 38.7 Å². The lowest BCUT2D eigenvalue weighted by Gasteiger charge is -2.25. The van der Waals surface area contributed by atoms with Crippen molar-refractivity contribution in [2.75, 3.05) is 6.54 Å². The molecule has 0 saturated heterocycles. The number of aromatic nitrogens is 2. The van der Waals surface area contributed by atoms with Crippen LogP contribution in [0.2, 0.25) is 0 Å². The Labute approximate surface area is 140 Å². The van der Waals surface area contributed by atoms with Gasteiger partial charge in [0.1, 0.15) is 5.82 Å². The van der Waals surface area contributed by atoms with E-state index in [0.717, 1.165) is 29.8 Å². The van der Waals surface area contributed by atoms with Crippen LogP contribution < -0.4 is 0 Å². The van der Waals surface area contributed by atoms with Gasteiger partial charge in [-0.2, -0.15) is 5.10 Å². The summed E-state index contributed by atoms with van der Waals surface area (Å²) in [6.45, 7) is 4.00. The van der Waals surface area contributed by atoms with Gasteiger partial charge in [-0.15, -0.1) is 0 Å². The molecule has 2 aromatic rings. The van der Waals surface area contributed by atoms with Gasteiger partial charge in [-0.25, -0.2) is 4.39 Å². The van der Waals surface area contributed by atoms with Crippen LogP contribution in [0.25, 0.3) is 0 Å². The van der Waals surface area contributed by atoms with Crippen LogP contribution in [-0.2, 0) is 11.2 Å². The zero-order valence-electron chi connectivity index (χ0n) is 13.9. The summed E-state index contributed by atoms with van der Waals surface area (Å²) in [7, 11) is 0. The van der Waals surface area contributed by atoms with E-state index in [1.807, 2.05) is 13.8 Å². The summed E-state index contributed by atoms with van der Waals surface area (Å²) >= 11 is 0. The maximum absolute atomic E-state index is 13.0. The van der Waals surface area contributed by atoms with Crippen LogP contribution in [0.4, 0.5) is 4.39 Å². The summed E-state index contributed by atoms with van der Waals surface area (Å²) in [5.41, 5.74) is 3.26. The van der Waals surface area contributed by atoms with Gasteiger partial charge < -0.3 is 10.0 Å². The van der Waals surface area contributed by atoms with Crippen molar-refractivity contribution in [2.45, 2.75) is 45.3 Å². The van der Waals surface area contributed by atoms with E-state index in [1.165, 1.54) is 12.1 Å². The molecule has 1 aromatic carbocycles. The molecule has 0 unspecified atom stereocenters. The van der Waals surface area contributed by atoms with Gasteiger partial charge in [-0.1, -0.05) is 12.1 Å². The summed E-state index contributed by atoms with van der Waals surface area (Å²) in [5.74, 6) is -0.349. The average molecular weight is 331 g/mol. The molecule has 3 rings (SSSR count). The molecule has 2 N–H and O–H groups in total. The number of hydrogen-bond donors (Lipinski definition) is 2. The van der Waals surface area contributed by atoms with Gasteiger partial charge in [0.25, 0.3) is 0 Å². The van der Waals surface area contributed by atoms with E-state index in [4.69, 9.17) is 0 Å². The normalized spacial score (nSPS) is 15.3. The quantitative estimate of drug-likeness (QED) is 0.854. The second kappa shape index (κ2) is 6.73. The lowest BCUT2D eigenvalue weighted by atomic mass is 10.1. The molecule has 5 nitrogen and oxygen atoms in total. The van der Waals surface area contributed by atoms with Crippen LogP contribution in [0.1, 0.15) is 41.5 Å². The number of hydrogen-bond acceptors (Lipinski definition) is 3. The predicted octanol–water partition coefficient (Wildman–Crippen LogP) is 2.43. The molecule has 1 heterocycles. The lowest BCUT2D eigenvalue weighted by Crippen LogP contribution is -2.37. The van der Waals surface area contributed by atoms with Gasteiger partial charge in [-0.05, 0) is 44.4 Å². The van der Waals surface area contributed by atoms with E-state index in [0.29, 0.717) is 5.56 Å². The van der Waals surface area contributed by atoms with Crippen molar-refractivity contribution in [3.63, 3.8) is 0 Å². The first-order valence-electron chi connectivity index (χ1n) is 8.19. The molecule has 0 bridgehead atoms. The van der Waals surface area contributed by atoms with Crippen LogP contribution in [0.5, 0.6) is 0 Å². The Kier molecular flexibility index (Phi) is 4.66. The average Bonchev–Trinajstić information content (AvgIpc) is 3.35. The Morgan fingerprint density at radius 1 is 1.38 bits per heavy atom. The lowest BCUT2D eigenvalue weighted by molar-refractivity contribution is -0.132. The number of nitrogens with one attached hydrogen (secondary N) is 1. The Morgan fingerprint density at radius 3 is 2.58 bits per heavy atom. The molecule has 1 amide bonds. The number of aromatic amines is 1. The fourth-order valence-corrected chi connectivity index (χ4v) is 2.90. The number of carbonyl (C=O) groups excluding carboxylic acids is 1. The summed E-state index contributed by atoms with van der Waals surface area (Å²) < 4.78 is 13.0. The predicted molar refractivity (Wildman–Crippen MR) is 87.9 cm³/mol. The number of aryl methyl sites for hydroxylation is 2. The van der Waals surface area contributed by atoms with E-state index in [9.17, 15) is 14.3 Å². The highest BCUT2D eigenvalue weighted by molar-refractivity contribution is 5.80. The van der Waals surface area contributed by atoms with Gasteiger partial charge in [0.15, 0.2) is 0 Å². The first-order valence-corrected chi connectivity index (χ1v) is 8.19. The number of nitrogens with zero attached hydrogens (tertiary/aromatic N) is 2. The molecule has 24 heavy (non-hydrogen) atoms. The maximum Gasteiger partial charge on any atom is 0.227 e. The highest BCUT2D eigenvalue weighted by Gasteiger charge is 2.34. The molecule has 6 heteroatoms. The molecule has 1 atom stereocenters. The van der Waals surface area contributed by atoms with Gasteiger partial charge >= 0.3 is 0 Å². The number of aliphatic hydroxyl groups is 1. The fourth-order valence-electron chi connectivity index (χ4n) is 2.90. The summed E-state index contributed by atoms with van der Waals surface area (Å²) in [5, 5.41) is 17.4. The van der Waals surface area contributed by atoms with Crippen LogP contribution in [0, 0.1) is 19.7 Å². The molecular weight excluding hydrogens is 309 g/mol. The number of halogens is 1. The zero-order chi connectivity index (χ0) is 17.3. The first kappa shape index (κ1) is 16.6. The van der Waals surface area contributed by atoms with E-state index < -0.39 is 6.10 Å². The third kappa shape index (κ3) is 3.64. The number of benzene rings is 1. The van der Waals surface area contributed by atoms with E-state index in [-0.39, 0.29) is 30.7 Å². The van der Waals surface area contributed by atoms with Crippen molar-refractivity contribution in [2.24, 2.45) is 0 Å². The second-order valence-electron chi connectivity index (χ2n) is 6.43. The molecule has 128 valence electrons. The monoisotopic (exact) mass is 331 g/mol. The molecule has 0 aliphatic heterocycles. The highest BCUT2D eigenvalue weighted by Crippen LogP contribution is 2.30. The van der Waals surface area contributed by atoms with Crippen molar-refractivity contribution in [1.82, 2.24) is 15.1 Å². The van der Waals surface area contributed by atoms with Crippen LogP contribution >= 0.6 is 0 Å². The minimum atomic E-state index is -0.818. The van der Waals surface area contributed by atoms with Gasteiger partial charge in [-0.3, -0.25) is 9.89 Å². The van der Waals surface area contributed by atoms with Crippen molar-refractivity contribution < 1.29 is 14.3 Å². The standard InChI is InChI=1S/C18H22FN3O2/c1-11-16(12(2)21-20-11)9-18(24)22(15-7-8-15)10-17(23)13-3-5-14(19)6-4-13/h3-6,15,17,23H,7-10H2,1-2H3,(H,20,21)/t17-/m0/s1. The number of carbonyl (C=O) groups is 1. The van der Waals surface area contributed by atoms with Crippen molar-refractivity contribution in [3.05, 3.63) is 52.6 Å². The first-order chi connectivity index (χ1) is 11.5. The third-order valence-corrected chi connectivity index (χ3v) is 4.54. The minimum Gasteiger partial charge on any atom is -0.387 e. The summed E-state index contributed by atoms with van der Waals surface area (Å²) in [6.07, 6.45) is 1.39. The molecule has 1 aliphatic carbocycles. The molecule has 0 radical (unpaired) electrons. The van der Waals surface area contributed by atoms with E-state index >= 15 is 0 Å². The molecule has 1 aromatic heterocycles. The van der Waals surface area contributed by atoms with Crippen LogP contribution in [0.3, 0.4) is 0 Å². The van der Waals surface area contributed by atoms with Gasteiger partial charge in [0.2, 0.25) is 5.91 Å². The Balaban J connectivity index is 1.70. The molecular formula is C18H22FN3O2. The van der Waals surface area contributed by atoms with Crippen molar-refractivity contribution >= 4 is 5.91 Å². The number of H-pyrrole nitrogens is 1. The van der Waals surface area contributed by atoms with Gasteiger partial charge in [0, 0.05) is 17.3 Å². The third-order valence-electron chi connectivity index (χ3n) is 4.54. The van der Waals surface area contributed by atoms with Gasteiger partial charge in [0.05, 0.1) is 24.8 Å². The Morgan fingerprint density at radius 2 is 2.04 bits per heavy atom. The largest absolute Gasteiger partial charge is 0.387 e. The zero-order valence-corrected chi connectivity index (χ0v) is 13.9. The Bertz CT molecular complexity index is 703. The summed E-state index contributed by atoms with van der Waals surface area (Å²) in [6, 6.07) is 5.94. The fraction of sp³-hybridized carbons (Fsp3) is 0.444. The smallest absolute Gasteiger partial charge is 0.227 e. The molecule has 0 spiro atoms. The number of amides is 1. The van der Waals surface area contributed by atoms with E-state index in [2.05, 4.69) is 10.2 Å². The maximum atomic E-state index is 13.0. The minimum absolute atomic E-state index is 0.00809. The molecule has 1 fully saturated rings. The van der Waals surface area contributed by atoms with Crippen LogP contribution in [0.15, 0.2) is 24.3 Å². The Hall–Kier alpha value is -2.21. The SMILES string of the molecule is Cc1n[nH]c(C)c1CC(=O)N(C[C@H](O)c1ccc(F)cc1)C1CC1. The molecule has 1 saturated carbocycles.